The third kappa shape index (κ3) is 4.29. The zero-order chi connectivity index (χ0) is 17.1. The molecule has 1 fully saturated rings. The molecule has 124 valence electrons. The minimum absolute atomic E-state index is 0.0234. The molecule has 0 aliphatic carbocycles. The predicted octanol–water partition coefficient (Wildman–Crippen LogP) is 4.39. The van der Waals surface area contributed by atoms with Gasteiger partial charge in [-0.1, -0.05) is 6.07 Å². The van der Waals surface area contributed by atoms with Crippen LogP contribution in [0.25, 0.3) is 6.08 Å². The Labute approximate surface area is 155 Å². The molecule has 1 amide bonds. The summed E-state index contributed by atoms with van der Waals surface area (Å²) in [5, 5.41) is 0.787. The summed E-state index contributed by atoms with van der Waals surface area (Å²) in [7, 11) is 1.65. The molecular weight excluding hydrogens is 423 g/mol. The van der Waals surface area contributed by atoms with Crippen LogP contribution in [-0.4, -0.2) is 35.2 Å². The zero-order valence-corrected chi connectivity index (χ0v) is 16.9. The molecule has 1 aliphatic rings. The van der Waals surface area contributed by atoms with E-state index in [1.807, 2.05) is 52.0 Å². The molecule has 1 aromatic carbocycles. The van der Waals surface area contributed by atoms with Crippen LogP contribution in [0.15, 0.2) is 28.1 Å². The van der Waals surface area contributed by atoms with E-state index >= 15 is 0 Å². The molecule has 6 heteroatoms. The summed E-state index contributed by atoms with van der Waals surface area (Å²) in [6.07, 6.45) is 1.92. The van der Waals surface area contributed by atoms with Gasteiger partial charge in [0.25, 0.3) is 5.91 Å². The van der Waals surface area contributed by atoms with Crippen molar-refractivity contribution in [1.29, 1.82) is 0 Å². The normalized spacial score (nSPS) is 18.8. The van der Waals surface area contributed by atoms with Crippen molar-refractivity contribution in [3.8, 4) is 5.75 Å². The van der Waals surface area contributed by atoms with Gasteiger partial charge in [0.05, 0.1) is 15.6 Å². The SMILES string of the molecule is COc1ccc(/C=C2/SC(=NC(C)C)N(C(C)C)C2=O)cc1I. The lowest BCUT2D eigenvalue weighted by Crippen LogP contribution is -2.35. The van der Waals surface area contributed by atoms with Crippen molar-refractivity contribution in [1.82, 2.24) is 4.90 Å². The number of hydrogen-bond acceptors (Lipinski definition) is 4. The van der Waals surface area contributed by atoms with Crippen LogP contribution in [0.3, 0.4) is 0 Å². The molecule has 23 heavy (non-hydrogen) atoms. The highest BCUT2D eigenvalue weighted by Crippen LogP contribution is 2.34. The number of amidine groups is 1. The predicted molar refractivity (Wildman–Crippen MR) is 106 cm³/mol. The first-order valence-corrected chi connectivity index (χ1v) is 9.37. The van der Waals surface area contributed by atoms with Gasteiger partial charge in [0, 0.05) is 12.1 Å². The number of carbonyl (C=O) groups is 1. The summed E-state index contributed by atoms with van der Waals surface area (Å²) in [5.41, 5.74) is 0.987. The van der Waals surface area contributed by atoms with E-state index in [9.17, 15) is 4.79 Å². The van der Waals surface area contributed by atoms with Crippen molar-refractivity contribution in [2.75, 3.05) is 7.11 Å². The number of thioether (sulfide) groups is 1. The molecule has 1 heterocycles. The van der Waals surface area contributed by atoms with Crippen molar-refractivity contribution in [2.24, 2.45) is 4.99 Å². The third-order valence-electron chi connectivity index (χ3n) is 3.20. The minimum Gasteiger partial charge on any atom is -0.496 e. The molecular formula is C17H21IN2O2S. The highest BCUT2D eigenvalue weighted by molar-refractivity contribution is 14.1. The highest BCUT2D eigenvalue weighted by atomic mass is 127. The highest BCUT2D eigenvalue weighted by Gasteiger charge is 2.35. The second-order valence-electron chi connectivity index (χ2n) is 5.78. The Morgan fingerprint density at radius 1 is 1.30 bits per heavy atom. The van der Waals surface area contributed by atoms with E-state index in [0.29, 0.717) is 4.91 Å². The van der Waals surface area contributed by atoms with Crippen LogP contribution >= 0.6 is 34.4 Å². The van der Waals surface area contributed by atoms with Crippen LogP contribution in [0.2, 0.25) is 0 Å². The monoisotopic (exact) mass is 444 g/mol. The number of aliphatic imine (C=N–C) groups is 1. The Kier molecular flexibility index (Phi) is 6.13. The zero-order valence-electron chi connectivity index (χ0n) is 14.0. The lowest BCUT2D eigenvalue weighted by molar-refractivity contribution is -0.123. The number of amides is 1. The molecule has 0 bridgehead atoms. The van der Waals surface area contributed by atoms with Gasteiger partial charge in [-0.05, 0) is 85.8 Å². The van der Waals surface area contributed by atoms with Crippen LogP contribution in [-0.2, 0) is 4.79 Å². The molecule has 1 aliphatic heterocycles. The van der Waals surface area contributed by atoms with Crippen molar-refractivity contribution in [3.05, 3.63) is 32.2 Å². The smallest absolute Gasteiger partial charge is 0.266 e. The quantitative estimate of drug-likeness (QED) is 0.511. The van der Waals surface area contributed by atoms with E-state index < -0.39 is 0 Å². The molecule has 4 nitrogen and oxygen atoms in total. The van der Waals surface area contributed by atoms with E-state index in [4.69, 9.17) is 4.74 Å². The van der Waals surface area contributed by atoms with E-state index in [-0.39, 0.29) is 18.0 Å². The van der Waals surface area contributed by atoms with Crippen LogP contribution in [0.5, 0.6) is 5.75 Å². The molecule has 0 unspecified atom stereocenters. The Bertz CT molecular complexity index is 669. The van der Waals surface area contributed by atoms with Crippen molar-refractivity contribution in [2.45, 2.75) is 39.8 Å². The van der Waals surface area contributed by atoms with Crippen molar-refractivity contribution < 1.29 is 9.53 Å². The molecule has 0 atom stereocenters. The summed E-state index contributed by atoms with van der Waals surface area (Å²) >= 11 is 3.68. The lowest BCUT2D eigenvalue weighted by Gasteiger charge is -2.20. The summed E-state index contributed by atoms with van der Waals surface area (Å²) in [6, 6.07) is 6.14. The first kappa shape index (κ1) is 18.3. The average molecular weight is 444 g/mol. The number of halogens is 1. The maximum atomic E-state index is 12.7. The molecule has 0 N–H and O–H groups in total. The van der Waals surface area contributed by atoms with Gasteiger partial charge in [-0.15, -0.1) is 0 Å². The van der Waals surface area contributed by atoms with Crippen LogP contribution in [0, 0.1) is 3.57 Å². The number of carbonyl (C=O) groups excluding carboxylic acids is 1. The minimum atomic E-state index is 0.0234. The van der Waals surface area contributed by atoms with Gasteiger partial charge in [-0.2, -0.15) is 0 Å². The van der Waals surface area contributed by atoms with Crippen LogP contribution < -0.4 is 4.74 Å². The number of hydrogen-bond donors (Lipinski definition) is 0. The van der Waals surface area contributed by atoms with E-state index in [1.165, 1.54) is 11.8 Å². The number of benzene rings is 1. The summed E-state index contributed by atoms with van der Waals surface area (Å²) in [6.45, 7) is 8.05. The van der Waals surface area contributed by atoms with Crippen molar-refractivity contribution >= 4 is 51.5 Å². The second-order valence-corrected chi connectivity index (χ2v) is 7.95. The number of nitrogens with zero attached hydrogens (tertiary/aromatic N) is 2. The molecule has 1 aromatic rings. The first-order valence-electron chi connectivity index (χ1n) is 7.48. The average Bonchev–Trinajstić information content (AvgIpc) is 2.74. The Balaban J connectivity index is 2.36. The number of rotatable bonds is 4. The number of ether oxygens (including phenoxy) is 1. The first-order chi connectivity index (χ1) is 10.8. The summed E-state index contributed by atoms with van der Waals surface area (Å²) < 4.78 is 6.29. The number of methoxy groups -OCH3 is 1. The largest absolute Gasteiger partial charge is 0.496 e. The lowest BCUT2D eigenvalue weighted by atomic mass is 10.2. The van der Waals surface area contributed by atoms with Gasteiger partial charge < -0.3 is 4.74 Å². The van der Waals surface area contributed by atoms with E-state index in [1.54, 1.807) is 12.0 Å². The fraction of sp³-hybridized carbons (Fsp3) is 0.412. The molecule has 0 spiro atoms. The van der Waals surface area contributed by atoms with Crippen LogP contribution in [0.4, 0.5) is 0 Å². The van der Waals surface area contributed by atoms with E-state index in [2.05, 4.69) is 27.6 Å². The fourth-order valence-corrected chi connectivity index (χ4v) is 4.17. The third-order valence-corrected chi connectivity index (χ3v) is 5.04. The van der Waals surface area contributed by atoms with Gasteiger partial charge in [0.15, 0.2) is 5.17 Å². The molecule has 0 aromatic heterocycles. The topological polar surface area (TPSA) is 41.9 Å². The van der Waals surface area contributed by atoms with Crippen molar-refractivity contribution in [3.63, 3.8) is 0 Å². The van der Waals surface area contributed by atoms with Crippen LogP contribution in [0.1, 0.15) is 33.3 Å². The molecule has 0 saturated carbocycles. The van der Waals surface area contributed by atoms with Gasteiger partial charge >= 0.3 is 0 Å². The second kappa shape index (κ2) is 7.70. The summed E-state index contributed by atoms with van der Waals surface area (Å²) in [4.78, 5) is 19.7. The molecule has 1 saturated heterocycles. The van der Waals surface area contributed by atoms with Gasteiger partial charge in [-0.3, -0.25) is 14.7 Å². The molecule has 0 radical (unpaired) electrons. The fourth-order valence-electron chi connectivity index (χ4n) is 2.18. The van der Waals surface area contributed by atoms with Gasteiger partial charge in [0.1, 0.15) is 5.75 Å². The Morgan fingerprint density at radius 3 is 2.52 bits per heavy atom. The summed E-state index contributed by atoms with van der Waals surface area (Å²) in [5.74, 6) is 0.860. The van der Waals surface area contributed by atoms with Gasteiger partial charge in [0.2, 0.25) is 0 Å². The van der Waals surface area contributed by atoms with Gasteiger partial charge in [-0.25, -0.2) is 0 Å². The van der Waals surface area contributed by atoms with E-state index in [0.717, 1.165) is 20.1 Å². The standard InChI is InChI=1S/C17H21IN2O2S/c1-10(2)19-17-20(11(3)4)16(21)15(23-17)9-12-6-7-14(22-5)13(18)8-12/h6-11H,1-5H3/b15-9+,19-17?. The Hall–Kier alpha value is -1.02. The molecule has 2 rings (SSSR count). The Morgan fingerprint density at radius 2 is 2.00 bits per heavy atom. The maximum Gasteiger partial charge on any atom is 0.266 e. The maximum absolute atomic E-state index is 12.7.